The molecule has 41 heavy (non-hydrogen) atoms. The normalized spacial score (nSPS) is 25.8. The van der Waals surface area contributed by atoms with E-state index in [0.717, 1.165) is 38.3 Å². The van der Waals surface area contributed by atoms with Gasteiger partial charge in [-0.3, -0.25) is 4.79 Å². The van der Waals surface area contributed by atoms with Gasteiger partial charge in [0.2, 0.25) is 0 Å². The number of nitriles is 1. The van der Waals surface area contributed by atoms with Crippen molar-refractivity contribution in [3.63, 3.8) is 0 Å². The van der Waals surface area contributed by atoms with Crippen LogP contribution in [0.5, 0.6) is 5.75 Å². The number of nitrogens with one attached hydrogen (secondary N) is 1. The Balaban J connectivity index is 1.41. The first kappa shape index (κ1) is 28.4. The molecule has 3 aromatic rings. The highest BCUT2D eigenvalue weighted by Crippen LogP contribution is 2.48. The van der Waals surface area contributed by atoms with Gasteiger partial charge >= 0.3 is 13.7 Å². The molecule has 1 saturated heterocycles. The summed E-state index contributed by atoms with van der Waals surface area (Å²) in [5.41, 5.74) is 4.15. The lowest BCUT2D eigenvalue weighted by Crippen LogP contribution is -2.40. The maximum absolute atomic E-state index is 13.8. The number of anilines is 1. The monoisotopic (exact) mass is 584 g/mol. The van der Waals surface area contributed by atoms with E-state index in [2.05, 4.69) is 15.2 Å². The lowest BCUT2D eigenvalue weighted by Gasteiger charge is -2.24. The van der Waals surface area contributed by atoms with Crippen LogP contribution in [0.4, 0.5) is 5.82 Å². The first-order chi connectivity index (χ1) is 19.7. The largest absolute Gasteiger partial charge is 0.513 e. The highest BCUT2D eigenvalue weighted by molar-refractivity contribution is 7.52. The third-order valence-electron chi connectivity index (χ3n) is 6.88. The number of aromatic nitrogens is 3. The molecule has 14 nitrogen and oxygen atoms in total. The van der Waals surface area contributed by atoms with Crippen LogP contribution >= 0.6 is 7.75 Å². The standard InChI is InChI=1S/C26H29N6O8P/c1-16(25(35)38-17-7-5-6-8-17)31-41(36,40-18-9-3-2-4-10-18)37-13-20-22(33)23(34)26(14-27,39-20)21-12-11-19-24(28)29-15-30-32(19)21/h2-4,9-13,15-17,22-23,33-34H,5-8H2,1H3,(H,31,36)(H2,28,29,30)/b20-13+/t16-,22+,23+,26-,41?/m0/s1. The maximum atomic E-state index is 13.8. The number of aliphatic hydroxyl groups is 2. The lowest BCUT2D eigenvalue weighted by molar-refractivity contribution is -0.150. The summed E-state index contributed by atoms with van der Waals surface area (Å²) >= 11 is 0. The Bertz CT molecular complexity index is 1540. The Morgan fingerprint density at radius 1 is 1.29 bits per heavy atom. The first-order valence-electron chi connectivity index (χ1n) is 12.9. The quantitative estimate of drug-likeness (QED) is 0.162. The number of carbonyl (C=O) groups excluding carboxylic acids is 1. The molecular formula is C26H29N6O8P. The van der Waals surface area contributed by atoms with Gasteiger partial charge in [0.15, 0.2) is 11.6 Å². The van der Waals surface area contributed by atoms with Crippen LogP contribution in [0.3, 0.4) is 0 Å². The molecule has 1 unspecified atom stereocenters. The molecule has 5 N–H and O–H groups in total. The van der Waals surface area contributed by atoms with Gasteiger partial charge in [-0.15, -0.1) is 0 Å². The summed E-state index contributed by atoms with van der Waals surface area (Å²) in [6, 6.07) is 11.9. The minimum Gasteiger partial charge on any atom is -0.462 e. The average Bonchev–Trinajstić information content (AvgIpc) is 3.69. The molecule has 2 fully saturated rings. The van der Waals surface area contributed by atoms with Crippen molar-refractivity contribution in [2.45, 2.75) is 62.6 Å². The second-order valence-corrected chi connectivity index (χ2v) is 11.4. The van der Waals surface area contributed by atoms with Crippen molar-refractivity contribution in [2.75, 3.05) is 5.73 Å². The molecule has 15 heteroatoms. The molecule has 216 valence electrons. The smallest absolute Gasteiger partial charge is 0.462 e. The second kappa shape index (κ2) is 11.4. The SMILES string of the molecule is C[C@H](NP(=O)(O/C=C1/O[C@@](C#N)(c2ccc3c(N)ncnn23)[C@H](O)[C@@H]1O)Oc1ccccc1)C(=O)OC1CCCC1. The molecule has 0 spiro atoms. The number of rotatable bonds is 9. The molecule has 1 aliphatic heterocycles. The number of nitrogens with zero attached hydrogens (tertiary/aromatic N) is 4. The van der Waals surface area contributed by atoms with E-state index >= 15 is 0 Å². The van der Waals surface area contributed by atoms with Crippen LogP contribution in [-0.4, -0.2) is 55.1 Å². The fourth-order valence-electron chi connectivity index (χ4n) is 4.74. The Kier molecular flexibility index (Phi) is 7.88. The van der Waals surface area contributed by atoms with Crippen molar-refractivity contribution in [2.24, 2.45) is 0 Å². The fourth-order valence-corrected chi connectivity index (χ4v) is 6.12. The van der Waals surface area contributed by atoms with E-state index in [1.807, 2.05) is 6.07 Å². The van der Waals surface area contributed by atoms with Crippen LogP contribution in [0.1, 0.15) is 38.3 Å². The highest BCUT2D eigenvalue weighted by Gasteiger charge is 2.57. The van der Waals surface area contributed by atoms with Gasteiger partial charge in [-0.05, 0) is 56.9 Å². The van der Waals surface area contributed by atoms with Crippen molar-refractivity contribution in [3.8, 4) is 11.8 Å². The molecule has 1 saturated carbocycles. The van der Waals surface area contributed by atoms with Crippen molar-refractivity contribution in [1.29, 1.82) is 5.26 Å². The topological polar surface area (TPSA) is 204 Å². The molecule has 1 aromatic carbocycles. The van der Waals surface area contributed by atoms with E-state index in [0.29, 0.717) is 5.52 Å². The maximum Gasteiger partial charge on any atom is 0.513 e. The van der Waals surface area contributed by atoms with E-state index in [9.17, 15) is 24.8 Å². The van der Waals surface area contributed by atoms with Crippen LogP contribution in [0.25, 0.3) is 5.52 Å². The zero-order chi connectivity index (χ0) is 29.2. The summed E-state index contributed by atoms with van der Waals surface area (Å²) in [6.45, 7) is 1.45. The molecule has 5 atom stereocenters. The summed E-state index contributed by atoms with van der Waals surface area (Å²) in [4.78, 5) is 16.6. The van der Waals surface area contributed by atoms with Crippen molar-refractivity contribution >= 4 is 25.1 Å². The number of hydrogen-bond acceptors (Lipinski definition) is 12. The molecule has 2 aliphatic rings. The van der Waals surface area contributed by atoms with Gasteiger partial charge in [0.1, 0.15) is 60.0 Å². The van der Waals surface area contributed by atoms with Crippen LogP contribution in [0.15, 0.2) is 60.8 Å². The van der Waals surface area contributed by atoms with Gasteiger partial charge in [-0.25, -0.2) is 14.1 Å². The average molecular weight is 585 g/mol. The number of carbonyl (C=O) groups is 1. The van der Waals surface area contributed by atoms with Gasteiger partial charge in [0.05, 0.1) is 0 Å². The Morgan fingerprint density at radius 3 is 2.73 bits per heavy atom. The number of esters is 1. The van der Waals surface area contributed by atoms with Gasteiger partial charge in [-0.2, -0.15) is 15.4 Å². The van der Waals surface area contributed by atoms with Gasteiger partial charge in [-0.1, -0.05) is 18.2 Å². The molecule has 5 rings (SSSR count). The third kappa shape index (κ3) is 5.57. The second-order valence-electron chi connectivity index (χ2n) is 9.72. The van der Waals surface area contributed by atoms with E-state index in [1.165, 1.54) is 35.7 Å². The van der Waals surface area contributed by atoms with Crippen LogP contribution in [0, 0.1) is 11.3 Å². The predicted octanol–water partition coefficient (Wildman–Crippen LogP) is 2.29. The highest BCUT2D eigenvalue weighted by atomic mass is 31.2. The molecular weight excluding hydrogens is 555 g/mol. The van der Waals surface area contributed by atoms with Gasteiger partial charge < -0.3 is 34.5 Å². The summed E-state index contributed by atoms with van der Waals surface area (Å²) < 4.78 is 37.5. The Hall–Kier alpha value is -4.15. The molecule has 3 heterocycles. The number of nitrogens with two attached hydrogens (primary N) is 1. The van der Waals surface area contributed by atoms with E-state index in [-0.39, 0.29) is 23.4 Å². The molecule has 2 aromatic heterocycles. The Morgan fingerprint density at radius 2 is 2.02 bits per heavy atom. The number of hydrogen-bond donors (Lipinski definition) is 4. The predicted molar refractivity (Wildman–Crippen MR) is 143 cm³/mol. The number of nitrogen functional groups attached to an aromatic ring is 1. The fraction of sp³-hybridized carbons (Fsp3) is 0.385. The van der Waals surface area contributed by atoms with Crippen molar-refractivity contribution < 1.29 is 38.1 Å². The molecule has 0 bridgehead atoms. The molecule has 1 aliphatic carbocycles. The number of benzene rings is 1. The third-order valence-corrected chi connectivity index (χ3v) is 8.42. The zero-order valence-electron chi connectivity index (χ0n) is 22.0. The number of para-hydroxylation sites is 1. The van der Waals surface area contributed by atoms with E-state index in [1.54, 1.807) is 18.2 Å². The van der Waals surface area contributed by atoms with Crippen LogP contribution in [-0.2, 0) is 29.0 Å². The molecule has 0 radical (unpaired) electrons. The summed E-state index contributed by atoms with van der Waals surface area (Å²) in [6.07, 6.45) is 1.59. The lowest BCUT2D eigenvalue weighted by atomic mass is 9.93. The van der Waals surface area contributed by atoms with Gasteiger partial charge in [0.25, 0.3) is 5.60 Å². The first-order valence-corrected chi connectivity index (χ1v) is 14.5. The number of aliphatic hydroxyl groups excluding tert-OH is 2. The minimum absolute atomic E-state index is 0.0594. The molecule has 0 amide bonds. The Labute approximate surface area is 234 Å². The van der Waals surface area contributed by atoms with E-state index in [4.69, 9.17) is 24.3 Å². The summed E-state index contributed by atoms with van der Waals surface area (Å²) in [7, 11) is -4.38. The summed E-state index contributed by atoms with van der Waals surface area (Å²) in [5.74, 6) is -0.773. The number of fused-ring (bicyclic) bond motifs is 1. The van der Waals surface area contributed by atoms with Gasteiger partial charge in [0, 0.05) is 0 Å². The van der Waals surface area contributed by atoms with Crippen molar-refractivity contribution in [3.05, 3.63) is 66.5 Å². The number of ether oxygens (including phenoxy) is 2. The zero-order valence-corrected chi connectivity index (χ0v) is 22.9. The minimum atomic E-state index is -4.38. The van der Waals surface area contributed by atoms with Crippen LogP contribution in [0.2, 0.25) is 0 Å². The van der Waals surface area contributed by atoms with Crippen LogP contribution < -0.4 is 15.3 Å². The summed E-state index contributed by atoms with van der Waals surface area (Å²) in [5, 5.41) is 38.5. The van der Waals surface area contributed by atoms with E-state index < -0.39 is 43.3 Å². The van der Waals surface area contributed by atoms with Crippen molar-refractivity contribution in [1.82, 2.24) is 19.7 Å².